The molecule has 0 saturated heterocycles. The fraction of sp³-hybridized carbons (Fsp3) is 0.231. The van der Waals surface area contributed by atoms with Crippen molar-refractivity contribution in [2.45, 2.75) is 25.8 Å². The van der Waals surface area contributed by atoms with E-state index >= 15 is 0 Å². The molecule has 0 bridgehead atoms. The Balaban J connectivity index is 1.72. The van der Waals surface area contributed by atoms with E-state index in [0.29, 0.717) is 18.1 Å². The first-order valence-electron chi connectivity index (χ1n) is 10.5. The minimum Gasteiger partial charge on any atom is -0.493 e. The van der Waals surface area contributed by atoms with E-state index < -0.39 is 0 Å². The lowest BCUT2D eigenvalue weighted by Crippen LogP contribution is -2.28. The van der Waals surface area contributed by atoms with Crippen molar-refractivity contribution in [1.82, 2.24) is 10.3 Å². The molecule has 2 aromatic carbocycles. The zero-order valence-corrected chi connectivity index (χ0v) is 18.0. The summed E-state index contributed by atoms with van der Waals surface area (Å²) in [5.74, 6) is 1.15. The number of hydrogen-bond acceptors (Lipinski definition) is 4. The molecule has 0 saturated carbocycles. The maximum absolute atomic E-state index is 12.7. The van der Waals surface area contributed by atoms with Gasteiger partial charge in [0.25, 0.3) is 0 Å². The molecule has 1 aromatic heterocycles. The van der Waals surface area contributed by atoms with Crippen molar-refractivity contribution in [3.63, 3.8) is 0 Å². The molecule has 160 valence electrons. The van der Waals surface area contributed by atoms with Gasteiger partial charge in [-0.1, -0.05) is 55.8 Å². The third-order valence-electron chi connectivity index (χ3n) is 4.77. The maximum Gasteiger partial charge on any atom is 0.244 e. The van der Waals surface area contributed by atoms with Crippen LogP contribution in [0.3, 0.4) is 0 Å². The molecule has 0 aliphatic heterocycles. The standard InChI is InChI=1S/C26H28N2O3/c1-3-4-18-31-23-15-13-20(19-24(23)30-2)14-16-25(29)28-26(21-10-6-5-7-11-21)22-12-8-9-17-27-22/h5-17,19,26H,3-4,18H2,1-2H3,(H,28,29)/b16-14+. The number of unbranched alkanes of at least 4 members (excludes halogenated alkanes) is 1. The number of pyridine rings is 1. The lowest BCUT2D eigenvalue weighted by Gasteiger charge is -2.18. The number of nitrogens with zero attached hydrogens (tertiary/aromatic N) is 1. The van der Waals surface area contributed by atoms with Crippen LogP contribution in [0.4, 0.5) is 0 Å². The number of rotatable bonds is 10. The van der Waals surface area contributed by atoms with E-state index in [2.05, 4.69) is 17.2 Å². The summed E-state index contributed by atoms with van der Waals surface area (Å²) in [5, 5.41) is 3.05. The highest BCUT2D eigenvalue weighted by Crippen LogP contribution is 2.29. The highest BCUT2D eigenvalue weighted by atomic mass is 16.5. The van der Waals surface area contributed by atoms with Crippen LogP contribution in [0, 0.1) is 0 Å². The normalized spacial score (nSPS) is 11.8. The van der Waals surface area contributed by atoms with Gasteiger partial charge in [-0.15, -0.1) is 0 Å². The highest BCUT2D eigenvalue weighted by molar-refractivity contribution is 5.92. The van der Waals surface area contributed by atoms with Crippen molar-refractivity contribution in [1.29, 1.82) is 0 Å². The summed E-state index contributed by atoms with van der Waals surface area (Å²) in [6.45, 7) is 2.77. The molecule has 3 rings (SSSR count). The van der Waals surface area contributed by atoms with Gasteiger partial charge < -0.3 is 14.8 Å². The van der Waals surface area contributed by atoms with E-state index in [1.807, 2.05) is 66.7 Å². The number of carbonyl (C=O) groups excluding carboxylic acids is 1. The molecule has 0 spiro atoms. The van der Waals surface area contributed by atoms with Crippen LogP contribution in [0.25, 0.3) is 6.08 Å². The first-order chi connectivity index (χ1) is 15.2. The molecular formula is C26H28N2O3. The Morgan fingerprint density at radius 2 is 1.87 bits per heavy atom. The third kappa shape index (κ3) is 6.44. The van der Waals surface area contributed by atoms with Crippen LogP contribution in [-0.4, -0.2) is 24.6 Å². The van der Waals surface area contributed by atoms with Gasteiger partial charge in [-0.25, -0.2) is 0 Å². The van der Waals surface area contributed by atoms with E-state index in [9.17, 15) is 4.79 Å². The lowest BCUT2D eigenvalue weighted by molar-refractivity contribution is -0.116. The summed E-state index contributed by atoms with van der Waals surface area (Å²) >= 11 is 0. The molecule has 5 heteroatoms. The SMILES string of the molecule is CCCCOc1ccc(/C=C/C(=O)NC(c2ccccc2)c2ccccn2)cc1OC. The fourth-order valence-corrected chi connectivity index (χ4v) is 3.12. The van der Waals surface area contributed by atoms with Gasteiger partial charge in [0.1, 0.15) is 0 Å². The average Bonchev–Trinajstić information content (AvgIpc) is 2.83. The van der Waals surface area contributed by atoms with E-state index in [1.165, 1.54) is 6.08 Å². The quantitative estimate of drug-likeness (QED) is 0.365. The average molecular weight is 417 g/mol. The molecule has 0 radical (unpaired) electrons. The molecule has 0 aliphatic rings. The van der Waals surface area contributed by atoms with Crippen molar-refractivity contribution in [2.75, 3.05) is 13.7 Å². The molecule has 1 unspecified atom stereocenters. The molecular weight excluding hydrogens is 388 g/mol. The Morgan fingerprint density at radius 3 is 2.58 bits per heavy atom. The van der Waals surface area contributed by atoms with Crippen LogP contribution < -0.4 is 14.8 Å². The Labute approximate surface area is 183 Å². The van der Waals surface area contributed by atoms with E-state index in [4.69, 9.17) is 9.47 Å². The van der Waals surface area contributed by atoms with Crippen LogP contribution in [0.15, 0.2) is 79.0 Å². The molecule has 1 amide bonds. The summed E-state index contributed by atoms with van der Waals surface area (Å²) in [6.07, 6.45) is 7.06. The number of ether oxygens (including phenoxy) is 2. The van der Waals surface area contributed by atoms with Crippen molar-refractivity contribution in [3.05, 3.63) is 95.8 Å². The summed E-state index contributed by atoms with van der Waals surface area (Å²) in [4.78, 5) is 17.1. The Morgan fingerprint density at radius 1 is 1.06 bits per heavy atom. The summed E-state index contributed by atoms with van der Waals surface area (Å²) < 4.78 is 11.2. The van der Waals surface area contributed by atoms with Crippen molar-refractivity contribution < 1.29 is 14.3 Å². The molecule has 1 heterocycles. The van der Waals surface area contributed by atoms with Gasteiger partial charge in [0.05, 0.1) is 25.5 Å². The predicted molar refractivity (Wildman–Crippen MR) is 123 cm³/mol. The van der Waals surface area contributed by atoms with Crippen LogP contribution in [0.2, 0.25) is 0 Å². The largest absolute Gasteiger partial charge is 0.493 e. The molecule has 1 N–H and O–H groups in total. The minimum atomic E-state index is -0.330. The number of aromatic nitrogens is 1. The number of nitrogens with one attached hydrogen (secondary N) is 1. The first-order valence-corrected chi connectivity index (χ1v) is 10.5. The molecule has 1 atom stereocenters. The van der Waals surface area contributed by atoms with Crippen molar-refractivity contribution in [2.24, 2.45) is 0 Å². The molecule has 0 aliphatic carbocycles. The Bertz CT molecular complexity index is 949. The van der Waals surface area contributed by atoms with Gasteiger partial charge in [-0.3, -0.25) is 9.78 Å². The zero-order valence-electron chi connectivity index (χ0n) is 18.0. The second-order valence-electron chi connectivity index (χ2n) is 7.05. The molecule has 0 fully saturated rings. The van der Waals surface area contributed by atoms with Gasteiger partial charge >= 0.3 is 0 Å². The van der Waals surface area contributed by atoms with Gasteiger partial charge in [0.2, 0.25) is 5.91 Å². The van der Waals surface area contributed by atoms with E-state index in [0.717, 1.165) is 29.7 Å². The fourth-order valence-electron chi connectivity index (χ4n) is 3.12. The van der Waals surface area contributed by atoms with E-state index in [-0.39, 0.29) is 11.9 Å². The highest BCUT2D eigenvalue weighted by Gasteiger charge is 2.16. The van der Waals surface area contributed by atoms with Crippen LogP contribution in [-0.2, 0) is 4.79 Å². The van der Waals surface area contributed by atoms with E-state index in [1.54, 1.807) is 19.4 Å². The van der Waals surface area contributed by atoms with Gasteiger partial charge in [-0.05, 0) is 47.9 Å². The second kappa shape index (κ2) is 11.6. The van der Waals surface area contributed by atoms with Gasteiger partial charge in [-0.2, -0.15) is 0 Å². The first kappa shape index (κ1) is 22.1. The summed E-state index contributed by atoms with van der Waals surface area (Å²) in [7, 11) is 1.61. The summed E-state index contributed by atoms with van der Waals surface area (Å²) in [6, 6.07) is 20.8. The smallest absolute Gasteiger partial charge is 0.244 e. The zero-order chi connectivity index (χ0) is 21.9. The number of hydrogen-bond donors (Lipinski definition) is 1. The number of benzene rings is 2. The number of amides is 1. The minimum absolute atomic E-state index is 0.207. The molecule has 31 heavy (non-hydrogen) atoms. The second-order valence-corrected chi connectivity index (χ2v) is 7.05. The Hall–Kier alpha value is -3.60. The van der Waals surface area contributed by atoms with Crippen molar-refractivity contribution >= 4 is 12.0 Å². The number of methoxy groups -OCH3 is 1. The number of carbonyl (C=O) groups is 1. The maximum atomic E-state index is 12.7. The topological polar surface area (TPSA) is 60.5 Å². The van der Waals surface area contributed by atoms with Crippen LogP contribution in [0.1, 0.15) is 42.6 Å². The molecule has 5 nitrogen and oxygen atoms in total. The predicted octanol–water partition coefficient (Wildman–Crippen LogP) is 5.19. The van der Waals surface area contributed by atoms with Crippen LogP contribution >= 0.6 is 0 Å². The Kier molecular flexibility index (Phi) is 8.23. The summed E-state index contributed by atoms with van der Waals surface area (Å²) in [5.41, 5.74) is 2.60. The van der Waals surface area contributed by atoms with Crippen molar-refractivity contribution in [3.8, 4) is 11.5 Å². The third-order valence-corrected chi connectivity index (χ3v) is 4.77. The molecule has 3 aromatic rings. The van der Waals surface area contributed by atoms with Crippen LogP contribution in [0.5, 0.6) is 11.5 Å². The van der Waals surface area contributed by atoms with Gasteiger partial charge in [0, 0.05) is 12.3 Å². The lowest BCUT2D eigenvalue weighted by atomic mass is 10.0. The monoisotopic (exact) mass is 416 g/mol. The van der Waals surface area contributed by atoms with Gasteiger partial charge in [0.15, 0.2) is 11.5 Å².